The Morgan fingerprint density at radius 2 is 1.37 bits per heavy atom. The molecule has 1 atom stereocenters. The predicted molar refractivity (Wildman–Crippen MR) is 121 cm³/mol. The van der Waals surface area contributed by atoms with Gasteiger partial charge in [0.2, 0.25) is 5.91 Å². The number of rotatable bonds is 4. The third-order valence-corrected chi connectivity index (χ3v) is 6.78. The Bertz CT molecular complexity index is 1190. The van der Waals surface area contributed by atoms with Gasteiger partial charge in [-0.25, -0.2) is 0 Å². The summed E-state index contributed by atoms with van der Waals surface area (Å²) in [5.74, 6) is -0.163. The van der Waals surface area contributed by atoms with E-state index in [1.165, 1.54) is 4.90 Å². The average Bonchev–Trinajstić information content (AvgIpc) is 3.28. The van der Waals surface area contributed by atoms with Crippen molar-refractivity contribution in [1.82, 2.24) is 9.47 Å². The van der Waals surface area contributed by atoms with E-state index in [9.17, 15) is 9.59 Å². The highest BCUT2D eigenvalue weighted by atomic mass is 32.2. The second-order valence-electron chi connectivity index (χ2n) is 7.39. The van der Waals surface area contributed by atoms with Crippen LogP contribution in [0.25, 0.3) is 10.9 Å². The van der Waals surface area contributed by atoms with Gasteiger partial charge in [-0.2, -0.15) is 0 Å². The summed E-state index contributed by atoms with van der Waals surface area (Å²) < 4.78 is 2.23. The molecule has 0 N–H and O–H groups in total. The molecular weight excluding hydrogens is 392 g/mol. The van der Waals surface area contributed by atoms with Gasteiger partial charge in [-0.05, 0) is 29.0 Å². The van der Waals surface area contributed by atoms with Crippen LogP contribution in [0.15, 0.2) is 91.1 Å². The van der Waals surface area contributed by atoms with Crippen LogP contribution in [0.3, 0.4) is 0 Å². The molecular formula is C25H20N2O2S. The Balaban J connectivity index is 1.74. The number of carbonyl (C=O) groups excluding carboxylic acids is 2. The van der Waals surface area contributed by atoms with Crippen LogP contribution in [0, 0.1) is 0 Å². The second-order valence-corrected chi connectivity index (χ2v) is 8.45. The zero-order valence-corrected chi connectivity index (χ0v) is 17.3. The maximum Gasteiger partial charge on any atom is 0.289 e. The first-order valence-electron chi connectivity index (χ1n) is 9.82. The lowest BCUT2D eigenvalue weighted by Crippen LogP contribution is -2.24. The highest BCUT2D eigenvalue weighted by Gasteiger charge is 2.40. The molecule has 2 heterocycles. The van der Waals surface area contributed by atoms with Gasteiger partial charge in [-0.1, -0.05) is 78.9 Å². The van der Waals surface area contributed by atoms with Crippen LogP contribution in [-0.2, 0) is 4.79 Å². The maximum atomic E-state index is 12.8. The molecule has 148 valence electrons. The number of para-hydroxylation sites is 1. The molecule has 1 aromatic heterocycles. The molecule has 0 saturated carbocycles. The third-order valence-electron chi connectivity index (χ3n) is 5.61. The number of fused-ring (bicyclic) bond motifs is 1. The van der Waals surface area contributed by atoms with Crippen molar-refractivity contribution in [2.75, 3.05) is 7.05 Å². The number of likely N-dealkylation sites (N-methyl/N-ethyl adjacent to an activating group) is 1. The standard InChI is InChI=1S/C25H20N2O2S/c1-26-24(28)23(30-25(26)29)20-16-27(21-15-9-8-14-19(20)21)22(17-10-4-2-5-11-17)18-12-6-3-7-13-18/h2-16,22-23H,1H3. The maximum absolute atomic E-state index is 12.8. The molecule has 1 unspecified atom stereocenters. The Labute approximate surface area is 179 Å². The first kappa shape index (κ1) is 18.7. The molecule has 0 radical (unpaired) electrons. The summed E-state index contributed by atoms with van der Waals surface area (Å²) in [5, 5.41) is 0.286. The van der Waals surface area contributed by atoms with Crippen LogP contribution in [-0.4, -0.2) is 27.7 Å². The summed E-state index contributed by atoms with van der Waals surface area (Å²) in [6, 6.07) is 28.8. The molecule has 4 aromatic rings. The molecule has 2 amide bonds. The zero-order chi connectivity index (χ0) is 20.7. The van der Waals surface area contributed by atoms with Crippen LogP contribution in [0.5, 0.6) is 0 Å². The molecule has 30 heavy (non-hydrogen) atoms. The lowest BCUT2D eigenvalue weighted by molar-refractivity contribution is -0.125. The number of benzene rings is 3. The third kappa shape index (κ3) is 3.02. The Kier molecular flexibility index (Phi) is 4.68. The van der Waals surface area contributed by atoms with Crippen molar-refractivity contribution in [3.05, 3.63) is 108 Å². The smallest absolute Gasteiger partial charge is 0.289 e. The van der Waals surface area contributed by atoms with Gasteiger partial charge in [0.05, 0.1) is 6.04 Å². The lowest BCUT2D eigenvalue weighted by atomic mass is 9.98. The molecule has 0 aliphatic carbocycles. The topological polar surface area (TPSA) is 42.3 Å². The molecule has 4 nitrogen and oxygen atoms in total. The van der Waals surface area contributed by atoms with Gasteiger partial charge in [0.15, 0.2) is 0 Å². The van der Waals surface area contributed by atoms with Gasteiger partial charge in [0.25, 0.3) is 5.24 Å². The van der Waals surface area contributed by atoms with Crippen molar-refractivity contribution >= 4 is 33.8 Å². The zero-order valence-electron chi connectivity index (χ0n) is 16.4. The minimum Gasteiger partial charge on any atom is -0.335 e. The summed E-state index contributed by atoms with van der Waals surface area (Å²) in [7, 11) is 1.55. The fraction of sp³-hybridized carbons (Fsp3) is 0.120. The molecule has 1 aliphatic rings. The molecule has 1 fully saturated rings. The van der Waals surface area contributed by atoms with Crippen LogP contribution < -0.4 is 0 Å². The van der Waals surface area contributed by atoms with Gasteiger partial charge in [0, 0.05) is 29.7 Å². The van der Waals surface area contributed by atoms with E-state index in [0.29, 0.717) is 0 Å². The number of hydrogen-bond donors (Lipinski definition) is 0. The van der Waals surface area contributed by atoms with Gasteiger partial charge in [-0.3, -0.25) is 14.5 Å². The SMILES string of the molecule is CN1C(=O)SC(c2cn(C(c3ccccc3)c3ccccc3)c3ccccc23)C1=O. The van der Waals surface area contributed by atoms with Crippen LogP contribution in [0.1, 0.15) is 28.0 Å². The fourth-order valence-corrected chi connectivity index (χ4v) is 5.15. The molecule has 3 aromatic carbocycles. The van der Waals surface area contributed by atoms with Crippen LogP contribution >= 0.6 is 11.8 Å². The number of hydrogen-bond acceptors (Lipinski definition) is 3. The summed E-state index contributed by atoms with van der Waals surface area (Å²) in [5.41, 5.74) is 4.25. The van der Waals surface area contributed by atoms with E-state index in [0.717, 1.165) is 39.4 Å². The van der Waals surface area contributed by atoms with Gasteiger partial charge < -0.3 is 4.57 Å². The van der Waals surface area contributed by atoms with E-state index in [4.69, 9.17) is 0 Å². The Hall–Kier alpha value is -3.31. The number of nitrogens with zero attached hydrogens (tertiary/aromatic N) is 2. The van der Waals surface area contributed by atoms with E-state index in [1.807, 2.05) is 54.6 Å². The van der Waals surface area contributed by atoms with Crippen molar-refractivity contribution in [2.45, 2.75) is 11.3 Å². The number of imide groups is 1. The van der Waals surface area contributed by atoms with Gasteiger partial charge in [0.1, 0.15) is 5.25 Å². The normalized spacial score (nSPS) is 16.7. The molecule has 5 rings (SSSR count). The average molecular weight is 413 g/mol. The number of aromatic nitrogens is 1. The number of carbonyl (C=O) groups is 2. The highest BCUT2D eigenvalue weighted by molar-refractivity contribution is 8.15. The van der Waals surface area contributed by atoms with Crippen molar-refractivity contribution in [1.29, 1.82) is 0 Å². The molecule has 1 saturated heterocycles. The summed E-state index contributed by atoms with van der Waals surface area (Å²) in [4.78, 5) is 26.1. The second kappa shape index (κ2) is 7.50. The van der Waals surface area contributed by atoms with E-state index >= 15 is 0 Å². The predicted octanol–water partition coefficient (Wildman–Crippen LogP) is 5.65. The number of thioether (sulfide) groups is 1. The molecule has 5 heteroatoms. The Morgan fingerprint density at radius 3 is 1.93 bits per heavy atom. The molecule has 1 aliphatic heterocycles. The van der Waals surface area contributed by atoms with Crippen LogP contribution in [0.2, 0.25) is 0 Å². The van der Waals surface area contributed by atoms with Crippen molar-refractivity contribution in [3.8, 4) is 0 Å². The minimum absolute atomic E-state index is 0.0408. The summed E-state index contributed by atoms with van der Waals surface area (Å²) >= 11 is 1.09. The highest BCUT2D eigenvalue weighted by Crippen LogP contribution is 2.43. The molecule has 0 bridgehead atoms. The van der Waals surface area contributed by atoms with Gasteiger partial charge in [-0.15, -0.1) is 0 Å². The fourth-order valence-electron chi connectivity index (χ4n) is 4.13. The van der Waals surface area contributed by atoms with Gasteiger partial charge >= 0.3 is 0 Å². The minimum atomic E-state index is -0.513. The van der Waals surface area contributed by atoms with E-state index in [1.54, 1.807) is 7.05 Å². The quantitative estimate of drug-likeness (QED) is 0.435. The largest absolute Gasteiger partial charge is 0.335 e. The van der Waals surface area contributed by atoms with Crippen LogP contribution in [0.4, 0.5) is 4.79 Å². The first-order chi connectivity index (χ1) is 14.6. The summed E-state index contributed by atoms with van der Waals surface area (Å²) in [6.45, 7) is 0. The van der Waals surface area contributed by atoms with E-state index in [-0.39, 0.29) is 17.2 Å². The van der Waals surface area contributed by atoms with Crippen molar-refractivity contribution in [2.24, 2.45) is 0 Å². The van der Waals surface area contributed by atoms with Crippen molar-refractivity contribution < 1.29 is 9.59 Å². The lowest BCUT2D eigenvalue weighted by Gasteiger charge is -2.21. The monoisotopic (exact) mass is 412 g/mol. The molecule has 0 spiro atoms. The first-order valence-corrected chi connectivity index (χ1v) is 10.7. The van der Waals surface area contributed by atoms with E-state index in [2.05, 4.69) is 41.1 Å². The number of amides is 2. The summed E-state index contributed by atoms with van der Waals surface area (Å²) in [6.07, 6.45) is 2.05. The Morgan fingerprint density at radius 1 is 0.800 bits per heavy atom. The van der Waals surface area contributed by atoms with Crippen molar-refractivity contribution in [3.63, 3.8) is 0 Å². The van der Waals surface area contributed by atoms with E-state index < -0.39 is 5.25 Å².